The van der Waals surface area contributed by atoms with Crippen LogP contribution in [0.4, 0.5) is 0 Å². The van der Waals surface area contributed by atoms with E-state index < -0.39 is 102 Å². The van der Waals surface area contributed by atoms with Crippen molar-refractivity contribution in [1.29, 1.82) is 0 Å². The lowest BCUT2D eigenvalue weighted by Crippen LogP contribution is -2.62. The Hall–Kier alpha value is -3.79. The van der Waals surface area contributed by atoms with Crippen LogP contribution in [0.25, 0.3) is 11.1 Å². The number of ketones is 1. The van der Waals surface area contributed by atoms with Crippen LogP contribution >= 0.6 is 0 Å². The molecule has 0 amide bonds. The number of pyridine rings is 1. The van der Waals surface area contributed by atoms with Gasteiger partial charge in [0, 0.05) is 88.2 Å². The second-order valence-electron chi connectivity index (χ2n) is 22.8. The van der Waals surface area contributed by atoms with E-state index in [1.807, 2.05) is 96.2 Å². The Kier molecular flexibility index (Phi) is 20.2. The Morgan fingerprint density at radius 1 is 0.959 bits per heavy atom. The van der Waals surface area contributed by atoms with Crippen molar-refractivity contribution < 1.29 is 58.8 Å². The molecule has 5 N–H and O–H groups in total. The number of aliphatic hydroxyl groups excluding tert-OH is 3. The second-order valence-corrected chi connectivity index (χ2v) is 22.8. The molecule has 74 heavy (non-hydrogen) atoms. The minimum absolute atomic E-state index is 0.0591. The van der Waals surface area contributed by atoms with Gasteiger partial charge in [0.25, 0.3) is 0 Å². The molecule has 3 fully saturated rings. The molecule has 18 atom stereocenters. The standard InChI is InChI=1S/C56H88N6O12/c1-14-46-56(10,69)49(65)37(6)61(12)31-33(2)28-54(8,68)51(35(4)47(36(5)52(67)73-46)45-29-55(9,70-13)50(66)38(7)72-45)74-53-48(64)43(27-34(3)71-53)60(11)26-23-42-32-62(59-58-42)25-16-18-44(63)40-21-19-39(20-22-40)41-17-15-24-57-30-41/h15,17,19-22,24,30,32-38,43,45-51,53,64-66,68-69H,14,16,18,23,25-29,31H2,1-13H3/t33-,34-,35+,36-,37-,38+,43+,45?,46-,47+,48-,49-,50+,51-,53+,54-,55-,56-/m1/s1. The number of nitrogens with zero attached hydrogens (tertiary/aromatic N) is 6. The minimum Gasteiger partial charge on any atom is -0.459 e. The van der Waals surface area contributed by atoms with Crippen LogP contribution in [0.1, 0.15) is 124 Å². The van der Waals surface area contributed by atoms with E-state index in [1.165, 1.54) is 14.0 Å². The summed E-state index contributed by atoms with van der Waals surface area (Å²) in [6.07, 6.45) is -0.505. The maximum Gasteiger partial charge on any atom is 0.309 e. The molecule has 6 rings (SSSR count). The van der Waals surface area contributed by atoms with E-state index in [9.17, 15) is 35.1 Å². The number of benzene rings is 1. The third-order valence-corrected chi connectivity index (χ3v) is 16.8. The molecule has 414 valence electrons. The topological polar surface area (TPSA) is 232 Å². The number of aromatic nitrogens is 4. The van der Waals surface area contributed by atoms with Gasteiger partial charge >= 0.3 is 5.97 Å². The Labute approximate surface area is 439 Å². The van der Waals surface area contributed by atoms with Gasteiger partial charge in [0.2, 0.25) is 0 Å². The summed E-state index contributed by atoms with van der Waals surface area (Å²) >= 11 is 0. The summed E-state index contributed by atoms with van der Waals surface area (Å²) in [5, 5.41) is 68.9. The minimum atomic E-state index is -1.82. The lowest BCUT2D eigenvalue weighted by Gasteiger charge is -2.51. The van der Waals surface area contributed by atoms with E-state index in [-0.39, 0.29) is 37.1 Å². The first-order chi connectivity index (χ1) is 34.8. The van der Waals surface area contributed by atoms with Crippen molar-refractivity contribution in [3.8, 4) is 11.1 Å². The Balaban J connectivity index is 1.20. The number of rotatable bonds is 15. The molecule has 0 saturated carbocycles. The molecule has 3 saturated heterocycles. The number of hydrogen-bond acceptors (Lipinski definition) is 17. The van der Waals surface area contributed by atoms with Gasteiger partial charge in [-0.25, -0.2) is 0 Å². The number of carbonyl (C=O) groups is 2. The fraction of sp³-hybridized carbons (Fsp3) is 0.732. The van der Waals surface area contributed by atoms with Gasteiger partial charge in [0.1, 0.15) is 30.0 Å². The molecule has 18 nitrogen and oxygen atoms in total. The summed E-state index contributed by atoms with van der Waals surface area (Å²) in [6, 6.07) is 10.5. The lowest BCUT2D eigenvalue weighted by atomic mass is 9.68. The smallest absolute Gasteiger partial charge is 0.309 e. The van der Waals surface area contributed by atoms with Gasteiger partial charge in [-0.2, -0.15) is 0 Å². The van der Waals surface area contributed by atoms with E-state index in [2.05, 4.69) is 20.2 Å². The number of aliphatic hydroxyl groups is 5. The summed E-state index contributed by atoms with van der Waals surface area (Å²) < 4.78 is 34.0. The molecule has 1 aromatic carbocycles. The van der Waals surface area contributed by atoms with Crippen molar-refractivity contribution in [3.63, 3.8) is 0 Å². The van der Waals surface area contributed by atoms with Crippen LogP contribution in [-0.4, -0.2) is 185 Å². The molecule has 0 aliphatic carbocycles. The van der Waals surface area contributed by atoms with Crippen molar-refractivity contribution in [2.75, 3.05) is 34.3 Å². The zero-order valence-corrected chi connectivity index (χ0v) is 46.2. The van der Waals surface area contributed by atoms with Crippen molar-refractivity contribution >= 4 is 11.8 Å². The number of cyclic esters (lactones) is 1. The molecular formula is C56H88N6O12. The molecule has 1 unspecified atom stereocenters. The normalized spacial score (nSPS) is 38.3. The van der Waals surface area contributed by atoms with E-state index in [0.717, 1.165) is 16.8 Å². The molecule has 3 aliphatic rings. The molecule has 0 bridgehead atoms. The Morgan fingerprint density at radius 2 is 1.66 bits per heavy atom. The molecule has 0 radical (unpaired) electrons. The van der Waals surface area contributed by atoms with E-state index >= 15 is 0 Å². The monoisotopic (exact) mass is 1040 g/mol. The molecular weight excluding hydrogens is 949 g/mol. The highest BCUT2D eigenvalue weighted by molar-refractivity contribution is 5.96. The first-order valence-electron chi connectivity index (χ1n) is 26.9. The van der Waals surface area contributed by atoms with Gasteiger partial charge < -0.3 is 59.0 Å². The first-order valence-corrected chi connectivity index (χ1v) is 26.9. The predicted molar refractivity (Wildman–Crippen MR) is 279 cm³/mol. The van der Waals surface area contributed by atoms with Gasteiger partial charge in [-0.1, -0.05) is 63.2 Å². The molecule has 3 aliphatic heterocycles. The average molecular weight is 1040 g/mol. The largest absolute Gasteiger partial charge is 0.459 e. The number of hydrogen-bond donors (Lipinski definition) is 5. The molecule has 0 spiro atoms. The van der Waals surface area contributed by atoms with Crippen molar-refractivity contribution in [2.24, 2.45) is 23.7 Å². The third-order valence-electron chi connectivity index (χ3n) is 16.8. The van der Waals surface area contributed by atoms with Crippen LogP contribution in [0.2, 0.25) is 0 Å². The van der Waals surface area contributed by atoms with E-state index in [0.29, 0.717) is 50.9 Å². The summed E-state index contributed by atoms with van der Waals surface area (Å²) in [5.41, 5.74) is -1.06. The van der Waals surface area contributed by atoms with Crippen LogP contribution < -0.4 is 0 Å². The summed E-state index contributed by atoms with van der Waals surface area (Å²) in [7, 11) is 5.32. The molecule has 2 aromatic heterocycles. The van der Waals surface area contributed by atoms with Gasteiger partial charge in [-0.3, -0.25) is 19.3 Å². The molecule has 5 heterocycles. The number of esters is 1. The predicted octanol–water partition coefficient (Wildman–Crippen LogP) is 5.10. The zero-order valence-electron chi connectivity index (χ0n) is 46.2. The maximum absolute atomic E-state index is 14.6. The number of likely N-dealkylation sites (N-methyl/N-ethyl adjacent to an activating group) is 2. The number of Topliss-reactive ketones (excluding diaryl/α,β-unsaturated/α-hetero) is 1. The summed E-state index contributed by atoms with van der Waals surface area (Å²) in [4.78, 5) is 35.8. The summed E-state index contributed by atoms with van der Waals surface area (Å²) in [6.45, 7) is 19.4. The lowest BCUT2D eigenvalue weighted by molar-refractivity contribution is -0.302. The highest BCUT2D eigenvalue weighted by Gasteiger charge is 2.55. The van der Waals surface area contributed by atoms with Crippen LogP contribution in [0.5, 0.6) is 0 Å². The summed E-state index contributed by atoms with van der Waals surface area (Å²) in [5.74, 6) is -3.10. The highest BCUT2D eigenvalue weighted by Crippen LogP contribution is 2.45. The molecule has 3 aromatic rings. The van der Waals surface area contributed by atoms with E-state index in [4.69, 9.17) is 23.7 Å². The quantitative estimate of drug-likeness (QED) is 0.0984. The SMILES string of the molecule is CC[C@H]1OC(=O)[C@H](C)[C@@H](C2C[C@@](C)(OC)[C@@H](O)[C@H](C)O2)[C@H](C)[C@@H](O[C@@H]2O[C@H](C)C[C@H](N(C)CCc3cn(CCCC(=O)c4ccc(-c5cccnc5)cc4)nn3)[C@H]2O)[C@](C)(O)C[C@@H](C)CN(C)[C@H](C)[C@@H](O)[C@]1(C)O. The van der Waals surface area contributed by atoms with Crippen molar-refractivity contribution in [2.45, 2.75) is 205 Å². The maximum atomic E-state index is 14.6. The third kappa shape index (κ3) is 13.8. The van der Waals surface area contributed by atoms with Gasteiger partial charge in [0.15, 0.2) is 12.1 Å². The van der Waals surface area contributed by atoms with Crippen LogP contribution in [0, 0.1) is 23.7 Å². The van der Waals surface area contributed by atoms with Crippen molar-refractivity contribution in [1.82, 2.24) is 29.8 Å². The number of ether oxygens (including phenoxy) is 5. The zero-order chi connectivity index (χ0) is 54.4. The van der Waals surface area contributed by atoms with Gasteiger partial charge in [0.05, 0.1) is 47.2 Å². The Bertz CT molecular complexity index is 2250. The first kappa shape index (κ1) is 59.5. The van der Waals surface area contributed by atoms with Gasteiger partial charge in [-0.05, 0) is 110 Å². The van der Waals surface area contributed by atoms with Crippen LogP contribution in [0.15, 0.2) is 55.0 Å². The second kappa shape index (κ2) is 25.1. The van der Waals surface area contributed by atoms with Crippen LogP contribution in [-0.2, 0) is 41.4 Å². The van der Waals surface area contributed by atoms with E-state index in [1.54, 1.807) is 44.8 Å². The number of aryl methyl sites for hydroxylation is 1. The van der Waals surface area contributed by atoms with Gasteiger partial charge in [-0.15, -0.1) is 5.10 Å². The Morgan fingerprint density at radius 3 is 2.31 bits per heavy atom. The average Bonchev–Trinajstić information content (AvgIpc) is 3.82. The molecule has 18 heteroatoms. The number of carbonyl (C=O) groups excluding carboxylic acids is 2. The highest BCUT2D eigenvalue weighted by atomic mass is 16.7. The number of methoxy groups -OCH3 is 1. The van der Waals surface area contributed by atoms with Crippen molar-refractivity contribution in [3.05, 3.63) is 66.2 Å². The van der Waals surface area contributed by atoms with Crippen LogP contribution in [0.3, 0.4) is 0 Å². The fourth-order valence-electron chi connectivity index (χ4n) is 12.2. The fourth-order valence-corrected chi connectivity index (χ4v) is 12.2.